The van der Waals surface area contributed by atoms with Crippen molar-refractivity contribution < 1.29 is 9.84 Å². The van der Waals surface area contributed by atoms with Crippen molar-refractivity contribution >= 4 is 22.4 Å². The van der Waals surface area contributed by atoms with Gasteiger partial charge < -0.3 is 20.9 Å². The Morgan fingerprint density at radius 3 is 3.14 bits per heavy atom. The number of hydrogen-bond donors (Lipinski definition) is 3. The topological polar surface area (TPSA) is 80.4 Å². The third kappa shape index (κ3) is 3.91. The molecule has 1 aromatic heterocycles. The summed E-state index contributed by atoms with van der Waals surface area (Å²) in [6.07, 6.45) is 0.226. The van der Waals surface area contributed by atoms with E-state index in [-0.39, 0.29) is 0 Å². The van der Waals surface area contributed by atoms with E-state index in [0.717, 1.165) is 5.00 Å². The highest BCUT2D eigenvalue weighted by Gasteiger charge is 2.03. The molecular weight excluding hydrogens is 202 g/mol. The molecule has 0 bridgehead atoms. The molecule has 1 heterocycles. The number of nitrogens with zero attached hydrogens (tertiary/aromatic N) is 1. The van der Waals surface area contributed by atoms with Crippen LogP contribution >= 0.6 is 11.5 Å². The lowest BCUT2D eigenvalue weighted by molar-refractivity contribution is 0.0615. The Morgan fingerprint density at radius 2 is 2.57 bits per heavy atom. The third-order valence-corrected chi connectivity index (χ3v) is 2.43. The SMILES string of the molecule is COCC(O)CCNc1cc(N)ns1. The number of nitrogens with two attached hydrogens (primary N) is 1. The molecule has 0 saturated carbocycles. The van der Waals surface area contributed by atoms with E-state index in [1.165, 1.54) is 11.5 Å². The van der Waals surface area contributed by atoms with Crippen LogP contribution in [0.25, 0.3) is 0 Å². The van der Waals surface area contributed by atoms with Crippen molar-refractivity contribution in [3.05, 3.63) is 6.07 Å². The number of aromatic nitrogens is 1. The fourth-order valence-electron chi connectivity index (χ4n) is 1.01. The van der Waals surface area contributed by atoms with Crippen molar-refractivity contribution in [2.75, 3.05) is 31.3 Å². The smallest absolute Gasteiger partial charge is 0.139 e. The third-order valence-electron chi connectivity index (χ3n) is 1.66. The van der Waals surface area contributed by atoms with E-state index in [0.29, 0.717) is 25.4 Å². The lowest BCUT2D eigenvalue weighted by Crippen LogP contribution is -2.18. The summed E-state index contributed by atoms with van der Waals surface area (Å²) >= 11 is 1.32. The molecule has 0 spiro atoms. The number of ether oxygens (including phenoxy) is 1. The van der Waals surface area contributed by atoms with Gasteiger partial charge in [0.1, 0.15) is 10.8 Å². The van der Waals surface area contributed by atoms with Crippen LogP contribution in [0.15, 0.2) is 6.07 Å². The minimum absolute atomic E-state index is 0.368. The van der Waals surface area contributed by atoms with Crippen molar-refractivity contribution in [1.29, 1.82) is 0 Å². The number of anilines is 2. The first-order valence-electron chi connectivity index (χ1n) is 4.35. The number of nitrogen functional groups attached to an aromatic ring is 1. The first kappa shape index (κ1) is 11.2. The van der Waals surface area contributed by atoms with Gasteiger partial charge in [0.05, 0.1) is 12.7 Å². The fourth-order valence-corrected chi connectivity index (χ4v) is 1.61. The van der Waals surface area contributed by atoms with Gasteiger partial charge in [0.2, 0.25) is 0 Å². The van der Waals surface area contributed by atoms with E-state index in [2.05, 4.69) is 9.69 Å². The van der Waals surface area contributed by atoms with Gasteiger partial charge in [-0.15, -0.1) is 0 Å². The monoisotopic (exact) mass is 217 g/mol. The van der Waals surface area contributed by atoms with Crippen LogP contribution < -0.4 is 11.1 Å². The fraction of sp³-hybridized carbons (Fsp3) is 0.625. The molecule has 1 rings (SSSR count). The Kier molecular flexibility index (Phi) is 4.64. The van der Waals surface area contributed by atoms with Crippen LogP contribution in [0.4, 0.5) is 10.8 Å². The predicted octanol–water partition coefficient (Wildman–Crippen LogP) is 0.535. The minimum atomic E-state index is -0.419. The van der Waals surface area contributed by atoms with Gasteiger partial charge >= 0.3 is 0 Å². The second kappa shape index (κ2) is 5.79. The molecule has 80 valence electrons. The largest absolute Gasteiger partial charge is 0.391 e. The highest BCUT2D eigenvalue weighted by atomic mass is 32.1. The van der Waals surface area contributed by atoms with Gasteiger partial charge in [-0.3, -0.25) is 0 Å². The second-order valence-corrected chi connectivity index (χ2v) is 3.75. The zero-order valence-corrected chi connectivity index (χ0v) is 8.88. The van der Waals surface area contributed by atoms with Gasteiger partial charge in [-0.1, -0.05) is 0 Å². The van der Waals surface area contributed by atoms with Crippen molar-refractivity contribution in [3.8, 4) is 0 Å². The van der Waals surface area contributed by atoms with Crippen LogP contribution in [0, 0.1) is 0 Å². The highest BCUT2D eigenvalue weighted by molar-refractivity contribution is 7.10. The maximum absolute atomic E-state index is 9.33. The normalized spacial score (nSPS) is 12.7. The van der Waals surface area contributed by atoms with Gasteiger partial charge in [-0.25, -0.2) is 0 Å². The van der Waals surface area contributed by atoms with E-state index in [4.69, 9.17) is 10.5 Å². The zero-order chi connectivity index (χ0) is 10.4. The van der Waals surface area contributed by atoms with Crippen LogP contribution in [0.2, 0.25) is 0 Å². The molecule has 0 saturated heterocycles. The molecule has 5 nitrogen and oxygen atoms in total. The molecule has 4 N–H and O–H groups in total. The summed E-state index contributed by atoms with van der Waals surface area (Å²) < 4.78 is 8.72. The Morgan fingerprint density at radius 1 is 1.79 bits per heavy atom. The van der Waals surface area contributed by atoms with Crippen LogP contribution in [-0.4, -0.2) is 35.8 Å². The molecule has 0 aliphatic heterocycles. The number of aliphatic hydroxyl groups is 1. The molecule has 14 heavy (non-hydrogen) atoms. The van der Waals surface area contributed by atoms with Gasteiger partial charge in [0.15, 0.2) is 0 Å². The van der Waals surface area contributed by atoms with Crippen LogP contribution in [-0.2, 0) is 4.74 Å². The summed E-state index contributed by atoms with van der Waals surface area (Å²) in [6, 6.07) is 1.77. The van der Waals surface area contributed by atoms with E-state index in [9.17, 15) is 5.11 Å². The molecule has 6 heteroatoms. The van der Waals surface area contributed by atoms with Crippen LogP contribution in [0.5, 0.6) is 0 Å². The van der Waals surface area contributed by atoms with Gasteiger partial charge in [0.25, 0.3) is 0 Å². The highest BCUT2D eigenvalue weighted by Crippen LogP contribution is 2.17. The molecule has 0 aliphatic carbocycles. The second-order valence-electron chi connectivity index (χ2n) is 2.94. The number of hydrogen-bond acceptors (Lipinski definition) is 6. The number of nitrogens with one attached hydrogen (secondary N) is 1. The molecule has 0 fully saturated rings. The van der Waals surface area contributed by atoms with E-state index in [1.54, 1.807) is 13.2 Å². The van der Waals surface area contributed by atoms with Crippen molar-refractivity contribution in [2.45, 2.75) is 12.5 Å². The standard InChI is InChI=1S/C8H15N3O2S/c1-13-5-6(12)2-3-10-8-4-7(9)11-14-8/h4,6,10,12H,2-3,5H2,1H3,(H2,9,11). The first-order valence-corrected chi connectivity index (χ1v) is 5.12. The quantitative estimate of drug-likeness (QED) is 0.648. The maximum atomic E-state index is 9.33. The lowest BCUT2D eigenvalue weighted by atomic mass is 10.3. The Hall–Kier alpha value is -0.850. The molecular formula is C8H15N3O2S. The summed E-state index contributed by atoms with van der Waals surface area (Å²) in [6.45, 7) is 1.05. The summed E-state index contributed by atoms with van der Waals surface area (Å²) in [5.41, 5.74) is 5.45. The zero-order valence-electron chi connectivity index (χ0n) is 8.06. The van der Waals surface area contributed by atoms with Gasteiger partial charge in [-0.05, 0) is 18.0 Å². The number of rotatable bonds is 6. The van der Waals surface area contributed by atoms with E-state index < -0.39 is 6.10 Å². The lowest BCUT2D eigenvalue weighted by Gasteiger charge is -2.09. The van der Waals surface area contributed by atoms with Crippen LogP contribution in [0.3, 0.4) is 0 Å². The summed E-state index contributed by atoms with van der Waals surface area (Å²) in [4.78, 5) is 0. The maximum Gasteiger partial charge on any atom is 0.139 e. The molecule has 1 unspecified atom stereocenters. The number of aliphatic hydroxyl groups excluding tert-OH is 1. The van der Waals surface area contributed by atoms with Crippen molar-refractivity contribution in [2.24, 2.45) is 0 Å². The average Bonchev–Trinajstić information content (AvgIpc) is 2.52. The first-order chi connectivity index (χ1) is 6.72. The number of methoxy groups -OCH3 is 1. The van der Waals surface area contributed by atoms with Crippen LogP contribution in [0.1, 0.15) is 6.42 Å². The average molecular weight is 217 g/mol. The van der Waals surface area contributed by atoms with Gasteiger partial charge in [-0.2, -0.15) is 4.37 Å². The molecule has 0 radical (unpaired) electrons. The summed E-state index contributed by atoms with van der Waals surface area (Å²) in [5.74, 6) is 0.523. The molecule has 1 atom stereocenters. The van der Waals surface area contributed by atoms with E-state index >= 15 is 0 Å². The van der Waals surface area contributed by atoms with Crippen molar-refractivity contribution in [1.82, 2.24) is 4.37 Å². The molecule has 0 aromatic carbocycles. The molecule has 1 aromatic rings. The summed E-state index contributed by atoms with van der Waals surface area (Å²) in [5, 5.41) is 13.4. The Balaban J connectivity index is 2.15. The van der Waals surface area contributed by atoms with Gasteiger partial charge in [0, 0.05) is 19.7 Å². The van der Waals surface area contributed by atoms with E-state index in [1.807, 2.05) is 0 Å². The predicted molar refractivity (Wildman–Crippen MR) is 57.5 cm³/mol. The Bertz CT molecular complexity index is 267. The molecule has 0 amide bonds. The molecule has 0 aliphatic rings. The Labute approximate surface area is 87.1 Å². The minimum Gasteiger partial charge on any atom is -0.391 e. The summed E-state index contributed by atoms with van der Waals surface area (Å²) in [7, 11) is 1.57. The van der Waals surface area contributed by atoms with Crippen molar-refractivity contribution in [3.63, 3.8) is 0 Å².